The molecule has 1 aromatic carbocycles. The molecule has 5 nitrogen and oxygen atoms in total. The number of nitrogen functional groups attached to an aromatic ring is 1. The molecule has 0 bridgehead atoms. The average Bonchev–Trinajstić information content (AvgIpc) is 2.57. The highest BCUT2D eigenvalue weighted by molar-refractivity contribution is 6.31. The fraction of sp³-hybridized carbons (Fsp3) is 0.167. The van der Waals surface area contributed by atoms with Gasteiger partial charge in [-0.2, -0.15) is 5.10 Å². The number of nitrogens with one attached hydrogen (secondary N) is 1. The van der Waals surface area contributed by atoms with Crippen LogP contribution >= 0.6 is 11.6 Å². The molecular formula is C12H13ClN4O. The second-order valence-electron chi connectivity index (χ2n) is 3.99. The average molecular weight is 265 g/mol. The van der Waals surface area contributed by atoms with Crippen LogP contribution in [0.2, 0.25) is 5.02 Å². The van der Waals surface area contributed by atoms with Gasteiger partial charge < -0.3 is 11.1 Å². The highest BCUT2D eigenvalue weighted by Gasteiger charge is 2.12. The van der Waals surface area contributed by atoms with Crippen molar-refractivity contribution < 1.29 is 4.79 Å². The Labute approximate surface area is 110 Å². The number of rotatable bonds is 2. The molecule has 0 unspecified atom stereocenters. The van der Waals surface area contributed by atoms with Crippen LogP contribution in [-0.2, 0) is 7.05 Å². The number of carbonyl (C=O) groups excluding carboxylic acids is 1. The van der Waals surface area contributed by atoms with Crippen molar-refractivity contribution in [2.45, 2.75) is 6.92 Å². The lowest BCUT2D eigenvalue weighted by atomic mass is 10.1. The first-order chi connectivity index (χ1) is 8.47. The fourth-order valence-electron chi connectivity index (χ4n) is 1.65. The van der Waals surface area contributed by atoms with Crippen molar-refractivity contribution in [2.75, 3.05) is 11.1 Å². The number of benzene rings is 1. The lowest BCUT2D eigenvalue weighted by molar-refractivity contribution is 0.102. The number of nitrogens with two attached hydrogens (primary N) is 1. The van der Waals surface area contributed by atoms with Gasteiger partial charge in [-0.15, -0.1) is 0 Å². The Morgan fingerprint density at radius 3 is 2.78 bits per heavy atom. The van der Waals surface area contributed by atoms with E-state index in [9.17, 15) is 4.79 Å². The first-order valence-electron chi connectivity index (χ1n) is 5.34. The maximum absolute atomic E-state index is 12.0. The molecule has 0 saturated heterocycles. The Kier molecular flexibility index (Phi) is 3.25. The predicted molar refractivity (Wildman–Crippen MR) is 71.8 cm³/mol. The van der Waals surface area contributed by atoms with Crippen LogP contribution < -0.4 is 11.1 Å². The molecule has 1 aromatic heterocycles. The molecule has 1 amide bonds. The van der Waals surface area contributed by atoms with E-state index in [1.165, 1.54) is 0 Å². The first kappa shape index (κ1) is 12.4. The summed E-state index contributed by atoms with van der Waals surface area (Å²) in [7, 11) is 1.79. The van der Waals surface area contributed by atoms with E-state index in [1.54, 1.807) is 36.1 Å². The van der Waals surface area contributed by atoms with Gasteiger partial charge in [0.15, 0.2) is 0 Å². The quantitative estimate of drug-likeness (QED) is 0.817. The van der Waals surface area contributed by atoms with Crippen molar-refractivity contribution in [1.82, 2.24) is 9.78 Å². The van der Waals surface area contributed by atoms with Gasteiger partial charge in [0.2, 0.25) is 0 Å². The molecule has 0 aliphatic rings. The molecule has 0 aliphatic carbocycles. The summed E-state index contributed by atoms with van der Waals surface area (Å²) < 4.78 is 1.64. The molecule has 0 atom stereocenters. The standard InChI is InChI=1S/C12H13ClN4O/c1-7-11(6-17(2)16-7)15-12(18)9-4-3-8(13)5-10(9)14/h3-6H,14H2,1-2H3,(H,15,18). The first-order valence-corrected chi connectivity index (χ1v) is 5.72. The van der Waals surface area contributed by atoms with E-state index >= 15 is 0 Å². The summed E-state index contributed by atoms with van der Waals surface area (Å²) in [5, 5.41) is 7.41. The molecule has 2 rings (SSSR count). The molecule has 0 radical (unpaired) electrons. The molecule has 6 heteroatoms. The van der Waals surface area contributed by atoms with Gasteiger partial charge in [-0.1, -0.05) is 11.6 Å². The minimum Gasteiger partial charge on any atom is -0.398 e. The third kappa shape index (κ3) is 2.46. The normalized spacial score (nSPS) is 10.4. The van der Waals surface area contributed by atoms with E-state index in [2.05, 4.69) is 10.4 Å². The van der Waals surface area contributed by atoms with Crippen molar-refractivity contribution in [3.05, 3.63) is 40.7 Å². The SMILES string of the molecule is Cc1nn(C)cc1NC(=O)c1ccc(Cl)cc1N. The van der Waals surface area contributed by atoms with Gasteiger partial charge in [-0.05, 0) is 25.1 Å². The molecule has 0 fully saturated rings. The van der Waals surface area contributed by atoms with Crippen molar-refractivity contribution in [2.24, 2.45) is 7.05 Å². The highest BCUT2D eigenvalue weighted by atomic mass is 35.5. The Bertz CT molecular complexity index is 606. The molecule has 0 spiro atoms. The predicted octanol–water partition coefficient (Wildman–Crippen LogP) is 2.22. The zero-order valence-electron chi connectivity index (χ0n) is 10.1. The largest absolute Gasteiger partial charge is 0.398 e. The number of amides is 1. The fourth-order valence-corrected chi connectivity index (χ4v) is 1.83. The summed E-state index contributed by atoms with van der Waals surface area (Å²) in [5.41, 5.74) is 7.91. The molecule has 1 heterocycles. The van der Waals surface area contributed by atoms with E-state index in [0.29, 0.717) is 22.0 Å². The number of aryl methyl sites for hydroxylation is 2. The van der Waals surface area contributed by atoms with Gasteiger partial charge in [0, 0.05) is 24.0 Å². The zero-order chi connectivity index (χ0) is 13.3. The maximum Gasteiger partial charge on any atom is 0.257 e. The van der Waals surface area contributed by atoms with Crippen LogP contribution in [0, 0.1) is 6.92 Å². The summed E-state index contributed by atoms with van der Waals surface area (Å²) in [6.07, 6.45) is 1.74. The smallest absolute Gasteiger partial charge is 0.257 e. The minimum absolute atomic E-state index is 0.278. The monoisotopic (exact) mass is 264 g/mol. The second kappa shape index (κ2) is 4.70. The lowest BCUT2D eigenvalue weighted by Gasteiger charge is -2.06. The summed E-state index contributed by atoms with van der Waals surface area (Å²) in [5.74, 6) is -0.278. The van der Waals surface area contributed by atoms with Crippen LogP contribution in [0.25, 0.3) is 0 Å². The summed E-state index contributed by atoms with van der Waals surface area (Å²) >= 11 is 5.79. The molecule has 3 N–H and O–H groups in total. The van der Waals surface area contributed by atoms with Crippen LogP contribution in [0.4, 0.5) is 11.4 Å². The summed E-state index contributed by atoms with van der Waals surface area (Å²) in [4.78, 5) is 12.0. The minimum atomic E-state index is -0.278. The zero-order valence-corrected chi connectivity index (χ0v) is 10.8. The Morgan fingerprint density at radius 1 is 1.50 bits per heavy atom. The number of hydrogen-bond acceptors (Lipinski definition) is 3. The van der Waals surface area contributed by atoms with Gasteiger partial charge in [-0.25, -0.2) is 0 Å². The topological polar surface area (TPSA) is 72.9 Å². The number of anilines is 2. The summed E-state index contributed by atoms with van der Waals surface area (Å²) in [6.45, 7) is 1.82. The van der Waals surface area contributed by atoms with E-state index in [1.807, 2.05) is 6.92 Å². The number of halogens is 1. The molecule has 94 valence electrons. The third-order valence-electron chi connectivity index (χ3n) is 2.52. The van der Waals surface area contributed by atoms with Gasteiger partial charge in [0.1, 0.15) is 0 Å². The van der Waals surface area contributed by atoms with E-state index in [-0.39, 0.29) is 5.91 Å². The Morgan fingerprint density at radius 2 is 2.22 bits per heavy atom. The van der Waals surface area contributed by atoms with E-state index in [0.717, 1.165) is 5.69 Å². The van der Waals surface area contributed by atoms with Crippen molar-refractivity contribution in [3.8, 4) is 0 Å². The van der Waals surface area contributed by atoms with Crippen LogP contribution in [0.5, 0.6) is 0 Å². The molecule has 18 heavy (non-hydrogen) atoms. The molecule has 0 aliphatic heterocycles. The molecule has 2 aromatic rings. The van der Waals surface area contributed by atoms with Gasteiger partial charge in [0.05, 0.1) is 16.9 Å². The number of hydrogen-bond donors (Lipinski definition) is 2. The van der Waals surface area contributed by atoms with Crippen LogP contribution in [0.1, 0.15) is 16.1 Å². The van der Waals surface area contributed by atoms with Crippen LogP contribution in [0.15, 0.2) is 24.4 Å². The van der Waals surface area contributed by atoms with Crippen LogP contribution in [0.3, 0.4) is 0 Å². The maximum atomic E-state index is 12.0. The van der Waals surface area contributed by atoms with Crippen molar-refractivity contribution in [3.63, 3.8) is 0 Å². The van der Waals surface area contributed by atoms with Gasteiger partial charge in [0.25, 0.3) is 5.91 Å². The van der Waals surface area contributed by atoms with E-state index < -0.39 is 0 Å². The number of nitrogens with zero attached hydrogens (tertiary/aromatic N) is 2. The number of aromatic nitrogens is 2. The summed E-state index contributed by atoms with van der Waals surface area (Å²) in [6, 6.07) is 4.77. The highest BCUT2D eigenvalue weighted by Crippen LogP contribution is 2.20. The van der Waals surface area contributed by atoms with Crippen molar-refractivity contribution in [1.29, 1.82) is 0 Å². The molecule has 0 saturated carbocycles. The Balaban J connectivity index is 2.24. The van der Waals surface area contributed by atoms with Gasteiger partial charge >= 0.3 is 0 Å². The van der Waals surface area contributed by atoms with Crippen LogP contribution in [-0.4, -0.2) is 15.7 Å². The van der Waals surface area contributed by atoms with E-state index in [4.69, 9.17) is 17.3 Å². The van der Waals surface area contributed by atoms with Gasteiger partial charge in [-0.3, -0.25) is 9.48 Å². The molecular weight excluding hydrogens is 252 g/mol. The van der Waals surface area contributed by atoms with Crippen molar-refractivity contribution >= 4 is 28.9 Å². The second-order valence-corrected chi connectivity index (χ2v) is 4.42. The third-order valence-corrected chi connectivity index (χ3v) is 2.75. The lowest BCUT2D eigenvalue weighted by Crippen LogP contribution is -2.14. The Hall–Kier alpha value is -2.01. The number of carbonyl (C=O) groups is 1.